The van der Waals surface area contributed by atoms with Crippen LogP contribution in [0.5, 0.6) is 0 Å². The Morgan fingerprint density at radius 3 is 0.894 bits per heavy atom. The zero-order chi connectivity index (χ0) is 32.4. The van der Waals surface area contributed by atoms with E-state index in [0.29, 0.717) is 12.7 Å². The van der Waals surface area contributed by atoms with Crippen LogP contribution in [0.2, 0.25) is 6.32 Å². The van der Waals surface area contributed by atoms with Gasteiger partial charge in [-0.15, -0.1) is 0 Å². The van der Waals surface area contributed by atoms with Gasteiger partial charge >= 0.3 is 7.12 Å². The minimum Gasteiger partial charge on any atom is -0.444 e. The first-order valence-corrected chi connectivity index (χ1v) is 20.1. The largest absolute Gasteiger partial charge is 0.444 e. The van der Waals surface area contributed by atoms with Crippen LogP contribution in [0.15, 0.2) is 182 Å². The summed E-state index contributed by atoms with van der Waals surface area (Å²) in [5.74, 6) is -0.247. The van der Waals surface area contributed by atoms with E-state index in [9.17, 15) is 5.26 Å². The van der Waals surface area contributed by atoms with Crippen molar-refractivity contribution in [1.29, 1.82) is 5.26 Å². The fourth-order valence-corrected chi connectivity index (χ4v) is 14.5. The Hall–Kier alpha value is -4.77. The van der Waals surface area contributed by atoms with Crippen LogP contribution < -0.4 is 31.1 Å². The molecule has 0 bridgehead atoms. The lowest BCUT2D eigenvalue weighted by Crippen LogP contribution is -2.75. The van der Waals surface area contributed by atoms with E-state index < -0.39 is 23.8 Å². The molecule has 0 amide bonds. The predicted molar refractivity (Wildman–Crippen MR) is 200 cm³/mol. The molecular formula is C41H38BNO2Si2. The summed E-state index contributed by atoms with van der Waals surface area (Å²) in [7, 11) is -7.08. The van der Waals surface area contributed by atoms with E-state index in [4.69, 9.17) is 8.69 Å². The van der Waals surface area contributed by atoms with E-state index in [1.165, 1.54) is 0 Å². The minimum atomic E-state index is -3.19. The van der Waals surface area contributed by atoms with Gasteiger partial charge < -0.3 is 8.69 Å². The lowest BCUT2D eigenvalue weighted by molar-refractivity contribution is 0.422. The molecule has 6 rings (SSSR count). The molecule has 0 spiro atoms. The van der Waals surface area contributed by atoms with Crippen molar-refractivity contribution >= 4 is 54.9 Å². The van der Waals surface area contributed by atoms with Gasteiger partial charge in [0.25, 0.3) is 16.6 Å². The molecule has 6 heteroatoms. The quantitative estimate of drug-likeness (QED) is 0.125. The zero-order valence-corrected chi connectivity index (χ0v) is 28.7. The van der Waals surface area contributed by atoms with E-state index in [0.717, 1.165) is 31.1 Å². The third-order valence-electron chi connectivity index (χ3n) is 8.85. The molecule has 0 saturated carbocycles. The van der Waals surface area contributed by atoms with Gasteiger partial charge in [0.2, 0.25) is 0 Å². The molecule has 0 aliphatic carbocycles. The average Bonchev–Trinajstić information content (AvgIpc) is 3.17. The summed E-state index contributed by atoms with van der Waals surface area (Å²) in [4.78, 5) is 0. The highest BCUT2D eigenvalue weighted by atomic mass is 28.4. The lowest BCUT2D eigenvalue weighted by atomic mass is 9.78. The van der Waals surface area contributed by atoms with Crippen molar-refractivity contribution in [3.05, 3.63) is 182 Å². The highest BCUT2D eigenvalue weighted by Crippen LogP contribution is 2.22. The molecule has 0 aliphatic rings. The Morgan fingerprint density at radius 2 is 0.702 bits per heavy atom. The first-order valence-electron chi connectivity index (χ1n) is 16.3. The third-order valence-corrected chi connectivity index (χ3v) is 17.0. The summed E-state index contributed by atoms with van der Waals surface area (Å²) < 4.78 is 15.5. The Labute approximate surface area is 281 Å². The molecule has 0 N–H and O–H groups in total. The molecule has 0 radical (unpaired) electrons. The van der Waals surface area contributed by atoms with E-state index in [1.807, 2.05) is 36.4 Å². The van der Waals surface area contributed by atoms with Crippen molar-refractivity contribution in [3.8, 4) is 6.07 Å². The van der Waals surface area contributed by atoms with Crippen LogP contribution in [0.1, 0.15) is 13.3 Å². The lowest BCUT2D eigenvalue weighted by Gasteiger charge is -2.41. The molecule has 0 aliphatic heterocycles. The SMILES string of the molecule is CCC(C#N)CB(O[Si](c1ccccc1)(c1ccccc1)c1ccccc1)O[Si](c1ccccc1)(c1ccccc1)c1ccccc1. The summed E-state index contributed by atoms with van der Waals surface area (Å²) in [5, 5.41) is 17.1. The van der Waals surface area contributed by atoms with Gasteiger partial charge in [-0.2, -0.15) is 5.26 Å². The molecule has 1 atom stereocenters. The summed E-state index contributed by atoms with van der Waals surface area (Å²) in [6, 6.07) is 66.1. The Morgan fingerprint density at radius 1 is 0.468 bits per heavy atom. The smallest absolute Gasteiger partial charge is 0.438 e. The molecule has 0 heterocycles. The molecule has 0 aromatic heterocycles. The van der Waals surface area contributed by atoms with Crippen molar-refractivity contribution in [1.82, 2.24) is 0 Å². The monoisotopic (exact) mass is 643 g/mol. The van der Waals surface area contributed by atoms with Crippen LogP contribution in [0, 0.1) is 17.2 Å². The van der Waals surface area contributed by atoms with Gasteiger partial charge in [-0.1, -0.05) is 189 Å². The normalized spacial score (nSPS) is 12.2. The topological polar surface area (TPSA) is 42.2 Å². The third kappa shape index (κ3) is 6.71. The van der Waals surface area contributed by atoms with Gasteiger partial charge in [-0.25, -0.2) is 0 Å². The second kappa shape index (κ2) is 15.2. The molecule has 0 saturated heterocycles. The number of hydrogen-bond donors (Lipinski definition) is 0. The highest BCUT2D eigenvalue weighted by molar-refractivity contribution is 7.12. The van der Waals surface area contributed by atoms with Crippen molar-refractivity contribution in [3.63, 3.8) is 0 Å². The first kappa shape index (κ1) is 32.2. The predicted octanol–water partition coefficient (Wildman–Crippen LogP) is 5.39. The number of nitrogens with zero attached hydrogens (tertiary/aromatic N) is 1. The second-order valence-corrected chi connectivity index (χ2v) is 18.4. The summed E-state index contributed by atoms with van der Waals surface area (Å²) in [6.07, 6.45) is 1.14. The van der Waals surface area contributed by atoms with Crippen LogP contribution in [0.25, 0.3) is 0 Å². The standard InChI is InChI=1S/C41H38BNO2Si2/c1-2-35(34-43)33-42(44-46(36-21-9-3-10-22-36,37-23-11-4-12-24-37)38-25-13-5-14-26-38)45-47(39-27-15-6-16-28-39,40-29-17-7-18-30-40)41-31-19-8-20-32-41/h3-32,35H,2,33H2,1H3. The molecule has 0 fully saturated rings. The van der Waals surface area contributed by atoms with E-state index in [1.54, 1.807) is 0 Å². The summed E-state index contributed by atoms with van der Waals surface area (Å²) in [6.45, 7) is 2.07. The Bertz CT molecular complexity index is 1540. The van der Waals surface area contributed by atoms with Crippen molar-refractivity contribution in [2.24, 2.45) is 5.92 Å². The minimum absolute atomic E-state index is 0.247. The summed E-state index contributed by atoms with van der Waals surface area (Å²) >= 11 is 0. The first-order chi connectivity index (χ1) is 23.2. The van der Waals surface area contributed by atoms with Gasteiger partial charge in [-0.3, -0.25) is 0 Å². The molecule has 3 nitrogen and oxygen atoms in total. The number of nitriles is 1. The number of rotatable bonds is 13. The Kier molecular flexibility index (Phi) is 10.4. The van der Waals surface area contributed by atoms with Crippen molar-refractivity contribution in [2.45, 2.75) is 19.7 Å². The fraction of sp³-hybridized carbons (Fsp3) is 0.0976. The van der Waals surface area contributed by atoms with Gasteiger partial charge in [0.1, 0.15) is 0 Å². The Balaban J connectivity index is 1.62. The maximum absolute atomic E-state index is 10.3. The van der Waals surface area contributed by atoms with E-state index >= 15 is 0 Å². The highest BCUT2D eigenvalue weighted by Gasteiger charge is 2.50. The molecule has 230 valence electrons. The molecule has 6 aromatic rings. The van der Waals surface area contributed by atoms with Crippen LogP contribution >= 0.6 is 0 Å². The van der Waals surface area contributed by atoms with Gasteiger partial charge in [0, 0.05) is 5.92 Å². The van der Waals surface area contributed by atoms with Crippen molar-refractivity contribution < 1.29 is 8.69 Å². The second-order valence-electron chi connectivity index (χ2n) is 11.7. The number of hydrogen-bond acceptors (Lipinski definition) is 3. The van der Waals surface area contributed by atoms with Crippen LogP contribution in [0.3, 0.4) is 0 Å². The van der Waals surface area contributed by atoms with Crippen LogP contribution in [-0.2, 0) is 8.69 Å². The van der Waals surface area contributed by atoms with Gasteiger partial charge in [0.05, 0.1) is 6.07 Å². The van der Waals surface area contributed by atoms with Gasteiger partial charge in [-0.05, 0) is 43.9 Å². The molecular weight excluding hydrogens is 605 g/mol. The molecule has 6 aromatic carbocycles. The van der Waals surface area contributed by atoms with Gasteiger partial charge in [0.15, 0.2) is 0 Å². The summed E-state index contributed by atoms with van der Waals surface area (Å²) in [5.41, 5.74) is 0. The average molecular weight is 644 g/mol. The molecule has 47 heavy (non-hydrogen) atoms. The fourth-order valence-electron chi connectivity index (χ4n) is 6.50. The molecule has 1 unspecified atom stereocenters. The van der Waals surface area contributed by atoms with Crippen LogP contribution in [0.4, 0.5) is 0 Å². The van der Waals surface area contributed by atoms with E-state index in [2.05, 4.69) is 159 Å². The maximum Gasteiger partial charge on any atom is 0.438 e. The zero-order valence-electron chi connectivity index (χ0n) is 26.7. The maximum atomic E-state index is 10.3. The van der Waals surface area contributed by atoms with Crippen LogP contribution in [-0.4, -0.2) is 23.8 Å². The number of benzene rings is 6. The van der Waals surface area contributed by atoms with Crippen molar-refractivity contribution in [2.75, 3.05) is 0 Å². The van der Waals surface area contributed by atoms with E-state index in [-0.39, 0.29) is 5.92 Å².